The second-order valence-electron chi connectivity index (χ2n) is 6.88. The molecule has 0 unspecified atom stereocenters. The summed E-state index contributed by atoms with van der Waals surface area (Å²) in [5.41, 5.74) is 3.57. The number of ether oxygens (including phenoxy) is 1. The molecule has 3 aromatic rings. The number of aryl methyl sites for hydroxylation is 1. The van der Waals surface area contributed by atoms with Gasteiger partial charge in [-0.2, -0.15) is 0 Å². The van der Waals surface area contributed by atoms with Crippen molar-refractivity contribution in [3.8, 4) is 5.75 Å². The van der Waals surface area contributed by atoms with Gasteiger partial charge in [0.25, 0.3) is 5.91 Å². The Hall–Kier alpha value is -2.73. The summed E-state index contributed by atoms with van der Waals surface area (Å²) in [6, 6.07) is 20.6. The second-order valence-corrected chi connectivity index (χ2v) is 8.75. The molecule has 156 valence electrons. The van der Waals surface area contributed by atoms with Crippen molar-refractivity contribution in [3.05, 3.63) is 98.4 Å². The molecule has 7 heteroatoms. The molecule has 0 aliphatic carbocycles. The third kappa shape index (κ3) is 5.50. The summed E-state index contributed by atoms with van der Waals surface area (Å²) in [4.78, 5) is 17.5. The summed E-state index contributed by atoms with van der Waals surface area (Å²) in [6.07, 6.45) is 1.80. The first-order chi connectivity index (χ1) is 15.0. The van der Waals surface area contributed by atoms with Crippen LogP contribution in [0.15, 0.2) is 76.6 Å². The van der Waals surface area contributed by atoms with Gasteiger partial charge >= 0.3 is 0 Å². The molecule has 1 saturated heterocycles. The van der Waals surface area contributed by atoms with Crippen molar-refractivity contribution in [2.45, 2.75) is 13.5 Å². The van der Waals surface area contributed by atoms with Crippen molar-refractivity contribution in [1.82, 2.24) is 5.32 Å². The van der Waals surface area contributed by atoms with Gasteiger partial charge in [-0.25, -0.2) is 4.99 Å². The van der Waals surface area contributed by atoms with Gasteiger partial charge in [0.2, 0.25) is 0 Å². The van der Waals surface area contributed by atoms with Crippen LogP contribution in [0.5, 0.6) is 5.75 Å². The standard InChI is InChI=1S/C24H18Cl2N2O2S/c1-15-6-10-19(11-7-15)27-24-28-23(29)22(31-24)12-16-4-2-3-5-21(16)30-14-17-8-9-18(25)13-20(17)26/h2-13H,14H2,1H3,(H,27,28,29)/b22-12-. The van der Waals surface area contributed by atoms with E-state index >= 15 is 0 Å². The molecule has 0 atom stereocenters. The smallest absolute Gasteiger partial charge is 0.264 e. The maximum absolute atomic E-state index is 12.4. The van der Waals surface area contributed by atoms with Crippen LogP contribution >= 0.6 is 35.0 Å². The average molecular weight is 469 g/mol. The average Bonchev–Trinajstić information content (AvgIpc) is 3.09. The molecule has 1 N–H and O–H groups in total. The van der Waals surface area contributed by atoms with Crippen LogP contribution in [0.4, 0.5) is 5.69 Å². The molecule has 0 radical (unpaired) electrons. The number of hydrogen-bond donors (Lipinski definition) is 1. The fraction of sp³-hybridized carbons (Fsp3) is 0.0833. The number of halogens is 2. The SMILES string of the molecule is Cc1ccc(N=C2NC(=O)/C(=C/c3ccccc3OCc3ccc(Cl)cc3Cl)S2)cc1. The number of carbonyl (C=O) groups is 1. The molecule has 1 aliphatic heterocycles. The van der Waals surface area contributed by atoms with Crippen LogP contribution in [-0.4, -0.2) is 11.1 Å². The van der Waals surface area contributed by atoms with E-state index in [1.165, 1.54) is 11.8 Å². The Morgan fingerprint density at radius 1 is 1.06 bits per heavy atom. The summed E-state index contributed by atoms with van der Waals surface area (Å²) in [6.45, 7) is 2.31. The number of rotatable bonds is 5. The van der Waals surface area contributed by atoms with Crippen LogP contribution < -0.4 is 10.1 Å². The van der Waals surface area contributed by atoms with Crippen molar-refractivity contribution in [2.75, 3.05) is 0 Å². The summed E-state index contributed by atoms with van der Waals surface area (Å²) >= 11 is 13.5. The number of benzene rings is 3. The lowest BCUT2D eigenvalue weighted by molar-refractivity contribution is -0.115. The zero-order valence-corrected chi connectivity index (χ0v) is 18.9. The number of carbonyl (C=O) groups excluding carboxylic acids is 1. The molecule has 4 nitrogen and oxygen atoms in total. The molecule has 0 bridgehead atoms. The molecule has 4 rings (SSSR count). The van der Waals surface area contributed by atoms with Gasteiger partial charge in [-0.15, -0.1) is 0 Å². The van der Waals surface area contributed by atoms with Crippen LogP contribution in [-0.2, 0) is 11.4 Å². The van der Waals surface area contributed by atoms with Crippen LogP contribution in [0.2, 0.25) is 10.0 Å². The molecular weight excluding hydrogens is 451 g/mol. The van der Waals surface area contributed by atoms with Crippen molar-refractivity contribution in [1.29, 1.82) is 0 Å². The third-order valence-corrected chi connectivity index (χ3v) is 6.02. The molecule has 1 fully saturated rings. The normalized spacial score (nSPS) is 16.0. The molecule has 31 heavy (non-hydrogen) atoms. The Morgan fingerprint density at radius 3 is 2.61 bits per heavy atom. The summed E-state index contributed by atoms with van der Waals surface area (Å²) in [5, 5.41) is 4.48. The van der Waals surface area contributed by atoms with Crippen molar-refractivity contribution in [3.63, 3.8) is 0 Å². The minimum atomic E-state index is -0.189. The highest BCUT2D eigenvalue weighted by Gasteiger charge is 2.24. The maximum atomic E-state index is 12.4. The van der Waals surface area contributed by atoms with Gasteiger partial charge in [0.15, 0.2) is 5.17 Å². The molecule has 3 aromatic carbocycles. The van der Waals surface area contributed by atoms with Gasteiger partial charge in [-0.3, -0.25) is 4.79 Å². The fourth-order valence-electron chi connectivity index (χ4n) is 2.88. The van der Waals surface area contributed by atoms with Gasteiger partial charge in [0.05, 0.1) is 10.6 Å². The maximum Gasteiger partial charge on any atom is 0.264 e. The molecule has 0 spiro atoms. The lowest BCUT2D eigenvalue weighted by atomic mass is 10.2. The van der Waals surface area contributed by atoms with Crippen LogP contribution in [0.1, 0.15) is 16.7 Å². The number of para-hydroxylation sites is 1. The highest BCUT2D eigenvalue weighted by Crippen LogP contribution is 2.31. The quantitative estimate of drug-likeness (QED) is 0.420. The number of thioether (sulfide) groups is 1. The first kappa shape index (κ1) is 21.5. The van der Waals surface area contributed by atoms with Gasteiger partial charge < -0.3 is 10.1 Å². The minimum absolute atomic E-state index is 0.189. The Balaban J connectivity index is 1.52. The monoisotopic (exact) mass is 468 g/mol. The third-order valence-electron chi connectivity index (χ3n) is 4.52. The largest absolute Gasteiger partial charge is 0.488 e. The number of nitrogens with zero attached hydrogens (tertiary/aromatic N) is 1. The van der Waals surface area contributed by atoms with E-state index in [-0.39, 0.29) is 12.5 Å². The first-order valence-corrected chi connectivity index (χ1v) is 11.1. The molecule has 0 aromatic heterocycles. The summed E-state index contributed by atoms with van der Waals surface area (Å²) < 4.78 is 5.98. The molecule has 1 heterocycles. The van der Waals surface area contributed by atoms with E-state index in [1.54, 1.807) is 18.2 Å². The van der Waals surface area contributed by atoms with E-state index in [4.69, 9.17) is 27.9 Å². The number of nitrogens with one attached hydrogen (secondary N) is 1. The van der Waals surface area contributed by atoms with Crippen LogP contribution in [0.3, 0.4) is 0 Å². The fourth-order valence-corrected chi connectivity index (χ4v) is 4.18. The van der Waals surface area contributed by atoms with E-state index in [0.29, 0.717) is 25.9 Å². The van der Waals surface area contributed by atoms with Gasteiger partial charge in [0, 0.05) is 21.2 Å². The van der Waals surface area contributed by atoms with Gasteiger partial charge in [0.1, 0.15) is 12.4 Å². The minimum Gasteiger partial charge on any atom is -0.488 e. The Morgan fingerprint density at radius 2 is 1.84 bits per heavy atom. The predicted octanol–water partition coefficient (Wildman–Crippen LogP) is 6.77. The van der Waals surface area contributed by atoms with Crippen LogP contribution in [0, 0.1) is 6.92 Å². The second kappa shape index (κ2) is 9.60. The summed E-state index contributed by atoms with van der Waals surface area (Å²) in [5.74, 6) is 0.463. The van der Waals surface area contributed by atoms with Gasteiger partial charge in [-0.1, -0.05) is 65.2 Å². The number of amides is 1. The Bertz CT molecular complexity index is 1190. The molecule has 1 aliphatic rings. The van der Waals surface area contributed by atoms with Crippen molar-refractivity contribution in [2.24, 2.45) is 4.99 Å². The van der Waals surface area contributed by atoms with E-state index in [1.807, 2.05) is 61.5 Å². The van der Waals surface area contributed by atoms with Gasteiger partial charge in [-0.05, 0) is 55.1 Å². The highest BCUT2D eigenvalue weighted by molar-refractivity contribution is 8.18. The van der Waals surface area contributed by atoms with E-state index in [0.717, 1.165) is 22.4 Å². The Kier molecular flexibility index (Phi) is 6.66. The zero-order chi connectivity index (χ0) is 21.8. The highest BCUT2D eigenvalue weighted by atomic mass is 35.5. The molecular formula is C24H18Cl2N2O2S. The predicted molar refractivity (Wildman–Crippen MR) is 129 cm³/mol. The van der Waals surface area contributed by atoms with Crippen molar-refractivity contribution >= 4 is 57.8 Å². The number of aliphatic imine (C=N–C) groups is 1. The van der Waals surface area contributed by atoms with Crippen molar-refractivity contribution < 1.29 is 9.53 Å². The van der Waals surface area contributed by atoms with E-state index in [9.17, 15) is 4.79 Å². The summed E-state index contributed by atoms with van der Waals surface area (Å²) in [7, 11) is 0. The lowest BCUT2D eigenvalue weighted by Crippen LogP contribution is -2.19. The van der Waals surface area contributed by atoms with E-state index < -0.39 is 0 Å². The van der Waals surface area contributed by atoms with E-state index in [2.05, 4.69) is 10.3 Å². The molecule has 0 saturated carbocycles. The number of amidine groups is 1. The number of hydrogen-bond acceptors (Lipinski definition) is 4. The zero-order valence-electron chi connectivity index (χ0n) is 16.6. The lowest BCUT2D eigenvalue weighted by Gasteiger charge is -2.11. The topological polar surface area (TPSA) is 50.7 Å². The molecule has 1 amide bonds. The Labute approximate surface area is 194 Å². The first-order valence-electron chi connectivity index (χ1n) is 9.50. The van der Waals surface area contributed by atoms with Crippen LogP contribution in [0.25, 0.3) is 6.08 Å².